The quantitative estimate of drug-likeness (QED) is 0.442. The molecule has 6 rings (SSSR count). The van der Waals surface area contributed by atoms with Crippen LogP contribution >= 0.6 is 0 Å². The summed E-state index contributed by atoms with van der Waals surface area (Å²) in [5.41, 5.74) is 5.24. The van der Waals surface area contributed by atoms with Gasteiger partial charge in [-0.1, -0.05) is 26.0 Å². The van der Waals surface area contributed by atoms with Crippen molar-refractivity contribution in [1.82, 2.24) is 34.9 Å². The summed E-state index contributed by atoms with van der Waals surface area (Å²) in [6, 6.07) is 12.1. The highest BCUT2D eigenvalue weighted by Gasteiger charge is 2.27. The molecule has 5 heterocycles. The third-order valence-corrected chi connectivity index (χ3v) is 7.57. The first kappa shape index (κ1) is 23.7. The number of hydrogen-bond donors (Lipinski definition) is 2. The average Bonchev–Trinajstić information content (AvgIpc) is 2.90. The van der Waals surface area contributed by atoms with Crippen molar-refractivity contribution in [3.05, 3.63) is 70.3 Å². The molecule has 9 heteroatoms. The van der Waals surface area contributed by atoms with Gasteiger partial charge in [0, 0.05) is 36.6 Å². The van der Waals surface area contributed by atoms with E-state index in [1.165, 1.54) is 11.1 Å². The lowest BCUT2D eigenvalue weighted by Crippen LogP contribution is -2.38. The number of hydrogen-bond acceptors (Lipinski definition) is 8. The molecule has 1 fully saturated rings. The summed E-state index contributed by atoms with van der Waals surface area (Å²) in [7, 11) is 2.11. The molecule has 0 spiro atoms. The fourth-order valence-electron chi connectivity index (χ4n) is 5.48. The molecule has 37 heavy (non-hydrogen) atoms. The van der Waals surface area contributed by atoms with Crippen molar-refractivity contribution in [3.63, 3.8) is 0 Å². The van der Waals surface area contributed by atoms with Gasteiger partial charge in [-0.05, 0) is 68.4 Å². The second-order valence-corrected chi connectivity index (χ2v) is 10.8. The number of aromatic nitrogens is 5. The highest BCUT2D eigenvalue weighted by molar-refractivity contribution is 5.89. The van der Waals surface area contributed by atoms with Crippen LogP contribution in [-0.2, 0) is 12.0 Å². The lowest BCUT2D eigenvalue weighted by molar-refractivity contribution is 0.209. The Bertz CT molecular complexity index is 1510. The second kappa shape index (κ2) is 9.32. The fourth-order valence-corrected chi connectivity index (χ4v) is 5.48. The van der Waals surface area contributed by atoms with Crippen LogP contribution in [0.25, 0.3) is 22.3 Å². The van der Waals surface area contributed by atoms with Gasteiger partial charge in [0.2, 0.25) is 5.95 Å². The molecule has 1 aromatic carbocycles. The van der Waals surface area contributed by atoms with Crippen LogP contribution in [0.5, 0.6) is 0 Å². The zero-order valence-electron chi connectivity index (χ0n) is 21.5. The van der Waals surface area contributed by atoms with Gasteiger partial charge in [-0.3, -0.25) is 9.78 Å². The minimum atomic E-state index is -0.155. The van der Waals surface area contributed by atoms with E-state index in [4.69, 9.17) is 10.1 Å². The molecular formula is C28H32N8O. The largest absolute Gasteiger partial charge is 0.324 e. The van der Waals surface area contributed by atoms with Crippen LogP contribution in [0.1, 0.15) is 43.9 Å². The normalized spacial score (nSPS) is 18.0. The first-order valence-electron chi connectivity index (χ1n) is 12.9. The first-order chi connectivity index (χ1) is 17.9. The SMILES string of the molecule is CN1CCC(n2nc(-c3ccccn3)c3nc(Nc4ccc5c(c4)CNCC5(C)C)ncc3c2=O)CC1. The van der Waals surface area contributed by atoms with Crippen molar-refractivity contribution in [2.45, 2.75) is 44.7 Å². The lowest BCUT2D eigenvalue weighted by atomic mass is 9.79. The summed E-state index contributed by atoms with van der Waals surface area (Å²) in [5.74, 6) is 0.422. The van der Waals surface area contributed by atoms with Crippen LogP contribution in [0, 0.1) is 0 Å². The topological polar surface area (TPSA) is 101 Å². The van der Waals surface area contributed by atoms with Gasteiger partial charge in [0.25, 0.3) is 5.56 Å². The Morgan fingerprint density at radius 3 is 2.73 bits per heavy atom. The number of likely N-dealkylation sites (tertiary alicyclic amines) is 1. The van der Waals surface area contributed by atoms with E-state index in [0.29, 0.717) is 28.2 Å². The molecule has 1 saturated heterocycles. The zero-order chi connectivity index (χ0) is 25.6. The maximum atomic E-state index is 13.5. The number of benzene rings is 1. The van der Waals surface area contributed by atoms with Gasteiger partial charge in [-0.25, -0.2) is 14.6 Å². The molecule has 2 aliphatic heterocycles. The van der Waals surface area contributed by atoms with E-state index in [-0.39, 0.29) is 17.0 Å². The monoisotopic (exact) mass is 496 g/mol. The van der Waals surface area contributed by atoms with Crippen molar-refractivity contribution in [2.75, 3.05) is 32.0 Å². The summed E-state index contributed by atoms with van der Waals surface area (Å²) in [5, 5.41) is 12.1. The molecule has 3 aromatic heterocycles. The molecule has 190 valence electrons. The molecule has 0 aliphatic carbocycles. The molecule has 9 nitrogen and oxygen atoms in total. The van der Waals surface area contributed by atoms with Crippen LogP contribution in [-0.4, -0.2) is 56.3 Å². The molecule has 2 N–H and O–H groups in total. The molecule has 4 aromatic rings. The molecule has 0 atom stereocenters. The van der Waals surface area contributed by atoms with Gasteiger partial charge in [-0.2, -0.15) is 5.10 Å². The number of nitrogens with zero attached hydrogens (tertiary/aromatic N) is 6. The Morgan fingerprint density at radius 2 is 1.95 bits per heavy atom. The molecular weight excluding hydrogens is 464 g/mol. The Labute approximate surface area is 216 Å². The fraction of sp³-hybridized carbons (Fsp3) is 0.393. The summed E-state index contributed by atoms with van der Waals surface area (Å²) < 4.78 is 1.63. The number of rotatable bonds is 4. The second-order valence-electron chi connectivity index (χ2n) is 10.8. The van der Waals surface area contributed by atoms with Gasteiger partial charge in [0.15, 0.2) is 0 Å². The van der Waals surface area contributed by atoms with Crippen molar-refractivity contribution < 1.29 is 0 Å². The smallest absolute Gasteiger partial charge is 0.278 e. The Morgan fingerprint density at radius 1 is 1.11 bits per heavy atom. The van der Waals surface area contributed by atoms with E-state index in [2.05, 4.69) is 64.6 Å². The number of pyridine rings is 1. The number of piperidine rings is 1. The average molecular weight is 497 g/mol. The third-order valence-electron chi connectivity index (χ3n) is 7.57. The van der Waals surface area contributed by atoms with E-state index >= 15 is 0 Å². The van der Waals surface area contributed by atoms with Gasteiger partial charge in [0.1, 0.15) is 11.2 Å². The molecule has 0 saturated carbocycles. The van der Waals surface area contributed by atoms with E-state index < -0.39 is 0 Å². The Kier molecular flexibility index (Phi) is 5.97. The van der Waals surface area contributed by atoms with Crippen LogP contribution < -0.4 is 16.2 Å². The summed E-state index contributed by atoms with van der Waals surface area (Å²) in [6.07, 6.45) is 5.11. The van der Waals surface area contributed by atoms with Gasteiger partial charge in [0.05, 0.1) is 17.1 Å². The maximum absolute atomic E-state index is 13.5. The Hall–Kier alpha value is -3.69. The van der Waals surface area contributed by atoms with Crippen LogP contribution in [0.3, 0.4) is 0 Å². The van der Waals surface area contributed by atoms with Crippen molar-refractivity contribution >= 4 is 22.5 Å². The van der Waals surface area contributed by atoms with Crippen molar-refractivity contribution in [2.24, 2.45) is 0 Å². The van der Waals surface area contributed by atoms with Gasteiger partial charge in [-0.15, -0.1) is 0 Å². The van der Waals surface area contributed by atoms with Gasteiger partial charge >= 0.3 is 0 Å². The molecule has 0 bridgehead atoms. The number of anilines is 2. The predicted octanol–water partition coefficient (Wildman–Crippen LogP) is 3.64. The van der Waals surface area contributed by atoms with Crippen LogP contribution in [0.4, 0.5) is 11.6 Å². The van der Waals surface area contributed by atoms with Crippen LogP contribution in [0.2, 0.25) is 0 Å². The summed E-state index contributed by atoms with van der Waals surface area (Å²) in [6.45, 7) is 8.16. The standard InChI is InChI=1S/C28H32N8O/c1-28(2)17-29-15-18-14-19(7-8-22(18)28)32-27-31-16-21-24(33-27)25(23-6-4-5-11-30-23)34-36(26(21)37)20-9-12-35(3)13-10-20/h4-8,11,14,16,20,29H,9-10,12-13,15,17H2,1-3H3,(H,31,32,33). The molecule has 0 radical (unpaired) electrons. The van der Waals surface area contributed by atoms with E-state index in [1.54, 1.807) is 17.1 Å². The minimum Gasteiger partial charge on any atom is -0.324 e. The number of nitrogens with one attached hydrogen (secondary N) is 2. The van der Waals surface area contributed by atoms with E-state index in [0.717, 1.165) is 44.7 Å². The predicted molar refractivity (Wildman–Crippen MR) is 145 cm³/mol. The molecule has 0 unspecified atom stereocenters. The zero-order valence-corrected chi connectivity index (χ0v) is 21.5. The lowest BCUT2D eigenvalue weighted by Gasteiger charge is -2.33. The van der Waals surface area contributed by atoms with Gasteiger partial charge < -0.3 is 15.5 Å². The summed E-state index contributed by atoms with van der Waals surface area (Å²) in [4.78, 5) is 29.7. The maximum Gasteiger partial charge on any atom is 0.278 e. The first-order valence-corrected chi connectivity index (χ1v) is 12.9. The highest BCUT2D eigenvalue weighted by Crippen LogP contribution is 2.32. The molecule has 0 amide bonds. The highest BCUT2D eigenvalue weighted by atomic mass is 16.1. The summed E-state index contributed by atoms with van der Waals surface area (Å²) >= 11 is 0. The van der Waals surface area contributed by atoms with Crippen molar-refractivity contribution in [3.8, 4) is 11.4 Å². The van der Waals surface area contributed by atoms with E-state index in [1.807, 2.05) is 18.2 Å². The third kappa shape index (κ3) is 4.49. The molecule has 2 aliphatic rings. The Balaban J connectivity index is 1.42. The van der Waals surface area contributed by atoms with Crippen LogP contribution in [0.15, 0.2) is 53.6 Å². The minimum absolute atomic E-state index is 0.0433. The van der Waals surface area contributed by atoms with E-state index in [9.17, 15) is 4.79 Å². The number of fused-ring (bicyclic) bond motifs is 2. The van der Waals surface area contributed by atoms with Crippen molar-refractivity contribution in [1.29, 1.82) is 0 Å².